The number of benzene rings is 1. The molecular formula is C17H23FN4O3. The van der Waals surface area contributed by atoms with Gasteiger partial charge in [-0.15, -0.1) is 0 Å². The molecule has 0 atom stereocenters. The summed E-state index contributed by atoms with van der Waals surface area (Å²) in [6.45, 7) is 7.16. The Labute approximate surface area is 146 Å². The average Bonchev–Trinajstić information content (AvgIpc) is 2.53. The standard InChI is InChI=1S/C17H23FN4O3/c1-17(2,3)25-16(23)22-8-6-12(7-9-22)11-24-15-5-4-13(18)10-14(15)20-21-19/h4-5,10,12H,6-9,11H2,1-3H3. The zero-order valence-corrected chi connectivity index (χ0v) is 14.7. The fourth-order valence-electron chi connectivity index (χ4n) is 2.56. The second-order valence-electron chi connectivity index (χ2n) is 7.02. The first-order valence-corrected chi connectivity index (χ1v) is 8.24. The predicted molar refractivity (Wildman–Crippen MR) is 91.2 cm³/mol. The monoisotopic (exact) mass is 350 g/mol. The van der Waals surface area contributed by atoms with Gasteiger partial charge in [0.05, 0.1) is 12.3 Å². The number of rotatable bonds is 4. The van der Waals surface area contributed by atoms with Crippen LogP contribution in [0.15, 0.2) is 23.3 Å². The van der Waals surface area contributed by atoms with Gasteiger partial charge in [0.2, 0.25) is 0 Å². The molecule has 7 nitrogen and oxygen atoms in total. The lowest BCUT2D eigenvalue weighted by Crippen LogP contribution is -2.42. The molecular weight excluding hydrogens is 327 g/mol. The molecule has 1 fully saturated rings. The van der Waals surface area contributed by atoms with Crippen molar-refractivity contribution in [2.24, 2.45) is 11.0 Å². The number of halogens is 1. The third-order valence-electron chi connectivity index (χ3n) is 3.81. The van der Waals surface area contributed by atoms with Gasteiger partial charge in [-0.1, -0.05) is 5.11 Å². The lowest BCUT2D eigenvalue weighted by atomic mass is 9.98. The second-order valence-corrected chi connectivity index (χ2v) is 7.02. The number of hydrogen-bond acceptors (Lipinski definition) is 4. The van der Waals surface area contributed by atoms with E-state index in [1.165, 1.54) is 12.1 Å². The Morgan fingerprint density at radius 1 is 1.40 bits per heavy atom. The maximum Gasteiger partial charge on any atom is 0.410 e. The van der Waals surface area contributed by atoms with Gasteiger partial charge in [0.25, 0.3) is 0 Å². The van der Waals surface area contributed by atoms with Gasteiger partial charge in [-0.25, -0.2) is 9.18 Å². The largest absolute Gasteiger partial charge is 0.493 e. The number of amides is 1. The number of ether oxygens (including phenoxy) is 2. The lowest BCUT2D eigenvalue weighted by Gasteiger charge is -2.33. The fraction of sp³-hybridized carbons (Fsp3) is 0.588. The van der Waals surface area contributed by atoms with E-state index < -0.39 is 11.4 Å². The van der Waals surface area contributed by atoms with Crippen molar-refractivity contribution in [3.05, 3.63) is 34.5 Å². The molecule has 0 aliphatic carbocycles. The summed E-state index contributed by atoms with van der Waals surface area (Å²) in [6.07, 6.45) is 1.28. The van der Waals surface area contributed by atoms with Crippen LogP contribution in [0.2, 0.25) is 0 Å². The van der Waals surface area contributed by atoms with E-state index in [1.54, 1.807) is 4.90 Å². The van der Waals surface area contributed by atoms with Crippen molar-refractivity contribution in [1.82, 2.24) is 4.90 Å². The molecule has 1 aliphatic rings. The van der Waals surface area contributed by atoms with E-state index in [1.807, 2.05) is 20.8 Å². The molecule has 0 aromatic heterocycles. The minimum absolute atomic E-state index is 0.133. The van der Waals surface area contributed by atoms with Gasteiger partial charge in [0.15, 0.2) is 0 Å². The van der Waals surface area contributed by atoms with Crippen LogP contribution >= 0.6 is 0 Å². The average molecular weight is 350 g/mol. The number of piperidine rings is 1. The number of nitrogens with zero attached hydrogens (tertiary/aromatic N) is 4. The highest BCUT2D eigenvalue weighted by Crippen LogP contribution is 2.30. The third kappa shape index (κ3) is 5.83. The molecule has 25 heavy (non-hydrogen) atoms. The van der Waals surface area contributed by atoms with E-state index in [0.29, 0.717) is 25.4 Å². The van der Waals surface area contributed by atoms with Crippen molar-refractivity contribution in [3.63, 3.8) is 0 Å². The van der Waals surface area contributed by atoms with Crippen LogP contribution in [-0.2, 0) is 4.74 Å². The van der Waals surface area contributed by atoms with Crippen molar-refractivity contribution >= 4 is 11.8 Å². The fourth-order valence-corrected chi connectivity index (χ4v) is 2.56. The molecule has 0 unspecified atom stereocenters. The van der Waals surface area contributed by atoms with E-state index in [0.717, 1.165) is 18.9 Å². The molecule has 0 radical (unpaired) electrons. The van der Waals surface area contributed by atoms with Crippen LogP contribution in [0.5, 0.6) is 5.75 Å². The SMILES string of the molecule is CC(C)(C)OC(=O)N1CCC(COc2ccc(F)cc2N=[N+]=[N-])CC1. The minimum atomic E-state index is -0.503. The van der Waals surface area contributed by atoms with Gasteiger partial charge in [-0.2, -0.15) is 0 Å². The first-order chi connectivity index (χ1) is 11.8. The third-order valence-corrected chi connectivity index (χ3v) is 3.81. The number of carbonyl (C=O) groups is 1. The first-order valence-electron chi connectivity index (χ1n) is 8.24. The topological polar surface area (TPSA) is 87.5 Å². The Morgan fingerprint density at radius 2 is 2.08 bits per heavy atom. The molecule has 1 heterocycles. The van der Waals surface area contributed by atoms with Crippen molar-refractivity contribution < 1.29 is 18.7 Å². The molecule has 8 heteroatoms. The van der Waals surface area contributed by atoms with Crippen LogP contribution < -0.4 is 4.74 Å². The van der Waals surface area contributed by atoms with Crippen LogP contribution in [0.1, 0.15) is 33.6 Å². The van der Waals surface area contributed by atoms with Crippen molar-refractivity contribution in [1.29, 1.82) is 0 Å². The smallest absolute Gasteiger partial charge is 0.410 e. The predicted octanol–water partition coefficient (Wildman–Crippen LogP) is 4.79. The summed E-state index contributed by atoms with van der Waals surface area (Å²) in [7, 11) is 0. The molecule has 136 valence electrons. The Balaban J connectivity index is 1.85. The summed E-state index contributed by atoms with van der Waals surface area (Å²) in [5, 5.41) is 3.45. The molecule has 0 saturated carbocycles. The van der Waals surface area contributed by atoms with Gasteiger partial charge in [0.1, 0.15) is 17.2 Å². The van der Waals surface area contributed by atoms with E-state index in [9.17, 15) is 9.18 Å². The van der Waals surface area contributed by atoms with E-state index in [2.05, 4.69) is 10.0 Å². The van der Waals surface area contributed by atoms with E-state index >= 15 is 0 Å². The molecule has 1 aliphatic heterocycles. The molecule has 1 aromatic carbocycles. The highest BCUT2D eigenvalue weighted by molar-refractivity contribution is 5.68. The number of likely N-dealkylation sites (tertiary alicyclic amines) is 1. The number of azide groups is 1. The second kappa shape index (κ2) is 8.07. The van der Waals surface area contributed by atoms with Crippen molar-refractivity contribution in [2.45, 2.75) is 39.2 Å². The summed E-state index contributed by atoms with van der Waals surface area (Å²) in [5.74, 6) is 0.136. The summed E-state index contributed by atoms with van der Waals surface area (Å²) >= 11 is 0. The van der Waals surface area contributed by atoms with Crippen molar-refractivity contribution in [2.75, 3.05) is 19.7 Å². The maximum atomic E-state index is 13.2. The van der Waals surface area contributed by atoms with E-state index in [-0.39, 0.29) is 17.7 Å². The molecule has 2 rings (SSSR count). The Morgan fingerprint density at radius 3 is 2.68 bits per heavy atom. The maximum absolute atomic E-state index is 13.2. The van der Waals surface area contributed by atoms with Crippen LogP contribution in [0.3, 0.4) is 0 Å². The van der Waals surface area contributed by atoms with Gasteiger partial charge in [-0.05, 0) is 63.3 Å². The van der Waals surface area contributed by atoms with Crippen LogP contribution in [-0.4, -0.2) is 36.3 Å². The minimum Gasteiger partial charge on any atom is -0.493 e. The molecule has 0 N–H and O–H groups in total. The molecule has 1 aromatic rings. The normalized spacial score (nSPS) is 15.4. The van der Waals surface area contributed by atoms with Crippen LogP contribution in [0, 0.1) is 11.7 Å². The zero-order chi connectivity index (χ0) is 18.4. The van der Waals surface area contributed by atoms with Gasteiger partial charge < -0.3 is 14.4 Å². The van der Waals surface area contributed by atoms with Gasteiger partial charge in [-0.3, -0.25) is 0 Å². The Kier molecular flexibility index (Phi) is 6.09. The summed E-state index contributed by atoms with van der Waals surface area (Å²) in [5.41, 5.74) is 8.18. The number of hydrogen-bond donors (Lipinski definition) is 0. The molecule has 1 amide bonds. The first kappa shape index (κ1) is 18.9. The van der Waals surface area contributed by atoms with Crippen LogP contribution in [0.4, 0.5) is 14.9 Å². The quantitative estimate of drug-likeness (QED) is 0.444. The molecule has 0 spiro atoms. The van der Waals surface area contributed by atoms with Crippen LogP contribution in [0.25, 0.3) is 10.4 Å². The highest BCUT2D eigenvalue weighted by Gasteiger charge is 2.27. The van der Waals surface area contributed by atoms with Gasteiger partial charge in [0, 0.05) is 18.0 Å². The Bertz CT molecular complexity index is 660. The molecule has 1 saturated heterocycles. The van der Waals surface area contributed by atoms with Crippen molar-refractivity contribution in [3.8, 4) is 5.75 Å². The number of carbonyl (C=O) groups excluding carboxylic acids is 1. The lowest BCUT2D eigenvalue weighted by molar-refractivity contribution is 0.0165. The summed E-state index contributed by atoms with van der Waals surface area (Å²) < 4.78 is 24.3. The summed E-state index contributed by atoms with van der Waals surface area (Å²) in [4.78, 5) is 16.4. The molecule has 0 bridgehead atoms. The highest BCUT2D eigenvalue weighted by atomic mass is 19.1. The Hall–Kier alpha value is -2.47. The summed E-state index contributed by atoms with van der Waals surface area (Å²) in [6, 6.07) is 3.85. The van der Waals surface area contributed by atoms with Gasteiger partial charge >= 0.3 is 6.09 Å². The zero-order valence-electron chi connectivity index (χ0n) is 14.7. The van der Waals surface area contributed by atoms with E-state index in [4.69, 9.17) is 15.0 Å².